The van der Waals surface area contributed by atoms with Crippen molar-refractivity contribution >= 4 is 22.2 Å². The predicted octanol–water partition coefficient (Wildman–Crippen LogP) is 5.11. The molecule has 1 aliphatic carbocycles. The van der Waals surface area contributed by atoms with Crippen LogP contribution in [0.15, 0.2) is 12.4 Å². The smallest absolute Gasteiger partial charge is 0.271 e. The molecule has 0 bridgehead atoms. The van der Waals surface area contributed by atoms with E-state index in [2.05, 4.69) is 17.2 Å². The van der Waals surface area contributed by atoms with Crippen LogP contribution in [0.2, 0.25) is 0 Å². The number of hydrogen-bond acceptors (Lipinski definition) is 3. The van der Waals surface area contributed by atoms with Gasteiger partial charge in [-0.25, -0.2) is 4.98 Å². The third-order valence-electron chi connectivity index (χ3n) is 4.94. The highest BCUT2D eigenvalue weighted by atomic mass is 32.1. The van der Waals surface area contributed by atoms with Crippen molar-refractivity contribution in [2.45, 2.75) is 83.6 Å². The van der Waals surface area contributed by atoms with Crippen molar-refractivity contribution in [3.05, 3.63) is 23.0 Å². The summed E-state index contributed by atoms with van der Waals surface area (Å²) in [5.41, 5.74) is 0.548. The van der Waals surface area contributed by atoms with Crippen molar-refractivity contribution in [2.75, 3.05) is 0 Å². The zero-order valence-electron chi connectivity index (χ0n) is 14.7. The van der Waals surface area contributed by atoms with Gasteiger partial charge in [0.25, 0.3) is 5.91 Å². The van der Waals surface area contributed by atoms with E-state index >= 15 is 0 Å². The van der Waals surface area contributed by atoms with Gasteiger partial charge < -0.3 is 5.32 Å². The molecule has 5 heteroatoms. The fraction of sp³-hybridized carbons (Fsp3) is 0.684. The normalized spacial score (nSPS) is 18.9. The Morgan fingerprint density at radius 3 is 2.21 bits per heavy atom. The number of fused-ring (bicyclic) bond motifs is 1. The summed E-state index contributed by atoms with van der Waals surface area (Å²) in [6, 6.07) is 0.304. The first-order chi connectivity index (χ1) is 11.7. The number of aryl methyl sites for hydroxylation is 1. The maximum atomic E-state index is 12.6. The maximum absolute atomic E-state index is 12.6. The monoisotopic (exact) mass is 347 g/mol. The van der Waals surface area contributed by atoms with Crippen LogP contribution in [0.1, 0.15) is 86.0 Å². The van der Waals surface area contributed by atoms with Gasteiger partial charge in [-0.3, -0.25) is 9.20 Å². The van der Waals surface area contributed by atoms with Gasteiger partial charge in [-0.15, -0.1) is 11.3 Å². The highest BCUT2D eigenvalue weighted by Gasteiger charge is 2.17. The van der Waals surface area contributed by atoms with Crippen LogP contribution >= 0.6 is 11.3 Å². The Hall–Kier alpha value is -1.36. The fourth-order valence-corrected chi connectivity index (χ4v) is 4.40. The van der Waals surface area contributed by atoms with E-state index in [1.54, 1.807) is 11.3 Å². The number of aromatic nitrogens is 2. The number of hydrogen-bond donors (Lipinski definition) is 1. The van der Waals surface area contributed by atoms with Gasteiger partial charge in [0.1, 0.15) is 5.69 Å². The Kier molecular flexibility index (Phi) is 6.30. The number of carbonyl (C=O) groups excluding carboxylic acids is 1. The van der Waals surface area contributed by atoms with Crippen LogP contribution in [0.3, 0.4) is 0 Å². The summed E-state index contributed by atoms with van der Waals surface area (Å²) in [4.78, 5) is 19.1. The third kappa shape index (κ3) is 4.82. The number of nitrogens with one attached hydrogen (secondary N) is 1. The topological polar surface area (TPSA) is 46.4 Å². The van der Waals surface area contributed by atoms with Crippen LogP contribution in [0.25, 0.3) is 4.96 Å². The minimum atomic E-state index is -0.0133. The summed E-state index contributed by atoms with van der Waals surface area (Å²) in [6.07, 6.45) is 18.0. The molecule has 4 nitrogen and oxygen atoms in total. The van der Waals surface area contributed by atoms with Gasteiger partial charge in [-0.2, -0.15) is 0 Å². The summed E-state index contributed by atoms with van der Waals surface area (Å²) < 4.78 is 1.95. The molecule has 0 radical (unpaired) electrons. The molecule has 24 heavy (non-hydrogen) atoms. The van der Waals surface area contributed by atoms with Crippen molar-refractivity contribution in [2.24, 2.45) is 0 Å². The van der Waals surface area contributed by atoms with Gasteiger partial charge in [0.2, 0.25) is 0 Å². The van der Waals surface area contributed by atoms with Gasteiger partial charge in [0.05, 0.1) is 0 Å². The Morgan fingerprint density at radius 1 is 1.04 bits per heavy atom. The molecule has 1 amide bonds. The molecule has 0 saturated heterocycles. The number of amides is 1. The number of nitrogens with zero attached hydrogens (tertiary/aromatic N) is 2. The molecular weight excluding hydrogens is 318 g/mol. The number of imidazole rings is 1. The van der Waals surface area contributed by atoms with Crippen LogP contribution in [0, 0.1) is 6.92 Å². The summed E-state index contributed by atoms with van der Waals surface area (Å²) in [7, 11) is 0. The first-order valence-electron chi connectivity index (χ1n) is 9.48. The Labute approximate surface area is 148 Å². The van der Waals surface area contributed by atoms with Crippen LogP contribution in [-0.2, 0) is 0 Å². The van der Waals surface area contributed by atoms with Crippen molar-refractivity contribution in [3.8, 4) is 0 Å². The number of thiazole rings is 1. The minimum Gasteiger partial charge on any atom is -0.348 e. The average molecular weight is 348 g/mol. The second kappa shape index (κ2) is 8.65. The lowest BCUT2D eigenvalue weighted by molar-refractivity contribution is 0.0927. The number of rotatable bonds is 2. The summed E-state index contributed by atoms with van der Waals surface area (Å²) >= 11 is 1.62. The zero-order valence-corrected chi connectivity index (χ0v) is 15.5. The largest absolute Gasteiger partial charge is 0.348 e. The van der Waals surface area contributed by atoms with Crippen molar-refractivity contribution in [1.29, 1.82) is 0 Å². The quantitative estimate of drug-likeness (QED) is 0.821. The van der Waals surface area contributed by atoms with E-state index in [9.17, 15) is 4.79 Å². The van der Waals surface area contributed by atoms with E-state index in [4.69, 9.17) is 0 Å². The minimum absolute atomic E-state index is 0.0133. The predicted molar refractivity (Wildman–Crippen MR) is 99.8 cm³/mol. The second-order valence-electron chi connectivity index (χ2n) is 7.09. The Morgan fingerprint density at radius 2 is 1.62 bits per heavy atom. The lowest BCUT2D eigenvalue weighted by Gasteiger charge is -2.19. The van der Waals surface area contributed by atoms with Crippen molar-refractivity contribution in [1.82, 2.24) is 14.7 Å². The molecule has 0 spiro atoms. The van der Waals surface area contributed by atoms with Gasteiger partial charge in [0, 0.05) is 23.3 Å². The molecule has 1 N–H and O–H groups in total. The van der Waals surface area contributed by atoms with Gasteiger partial charge in [0.15, 0.2) is 4.96 Å². The molecule has 2 aromatic rings. The van der Waals surface area contributed by atoms with E-state index < -0.39 is 0 Å². The molecule has 1 aliphatic rings. The van der Waals surface area contributed by atoms with E-state index in [-0.39, 0.29) is 5.91 Å². The molecule has 2 heterocycles. The van der Waals surface area contributed by atoms with Gasteiger partial charge in [-0.05, 0) is 19.8 Å². The van der Waals surface area contributed by atoms with Crippen LogP contribution < -0.4 is 5.32 Å². The SMILES string of the molecule is Cc1cn2cc(C(=O)NC3CCCCCCCCCCC3)nc2s1. The van der Waals surface area contributed by atoms with Crippen molar-refractivity contribution in [3.63, 3.8) is 0 Å². The second-order valence-corrected chi connectivity index (χ2v) is 8.30. The lowest BCUT2D eigenvalue weighted by atomic mass is 9.98. The van der Waals surface area contributed by atoms with Crippen LogP contribution in [0.4, 0.5) is 0 Å². The van der Waals surface area contributed by atoms with E-state index in [1.807, 2.05) is 16.8 Å². The highest BCUT2D eigenvalue weighted by Crippen LogP contribution is 2.19. The molecule has 2 aromatic heterocycles. The Bertz CT molecular complexity index is 617. The molecule has 1 saturated carbocycles. The molecule has 132 valence electrons. The average Bonchev–Trinajstić information content (AvgIpc) is 3.07. The zero-order chi connectivity index (χ0) is 16.8. The molecule has 0 atom stereocenters. The first kappa shape index (κ1) is 17.5. The molecule has 1 fully saturated rings. The summed E-state index contributed by atoms with van der Waals surface area (Å²) in [5, 5.41) is 3.24. The van der Waals surface area contributed by atoms with Crippen molar-refractivity contribution < 1.29 is 4.79 Å². The van der Waals surface area contributed by atoms with E-state index in [0.29, 0.717) is 11.7 Å². The molecule has 0 unspecified atom stereocenters. The van der Waals surface area contributed by atoms with Gasteiger partial charge >= 0.3 is 0 Å². The first-order valence-corrected chi connectivity index (χ1v) is 10.3. The molecular formula is C19H29N3OS. The standard InChI is InChI=1S/C19H29N3OS/c1-15-13-22-14-17(21-19(22)24-15)18(23)20-16-11-9-7-5-3-2-4-6-8-10-12-16/h13-14,16H,2-12H2,1H3,(H,20,23). The molecule has 0 aliphatic heterocycles. The summed E-state index contributed by atoms with van der Waals surface area (Å²) in [5.74, 6) is -0.0133. The van der Waals surface area contributed by atoms with Crippen LogP contribution in [0.5, 0.6) is 0 Å². The van der Waals surface area contributed by atoms with Gasteiger partial charge in [-0.1, -0.05) is 57.8 Å². The maximum Gasteiger partial charge on any atom is 0.271 e. The summed E-state index contributed by atoms with van der Waals surface area (Å²) in [6.45, 7) is 2.06. The number of carbonyl (C=O) groups is 1. The third-order valence-corrected chi connectivity index (χ3v) is 5.86. The fourth-order valence-electron chi connectivity index (χ4n) is 3.59. The molecule has 0 aromatic carbocycles. The lowest BCUT2D eigenvalue weighted by Crippen LogP contribution is -2.35. The van der Waals surface area contributed by atoms with E-state index in [0.717, 1.165) is 17.8 Å². The molecule has 3 rings (SSSR count). The Balaban J connectivity index is 1.57. The van der Waals surface area contributed by atoms with E-state index in [1.165, 1.54) is 62.7 Å². The highest BCUT2D eigenvalue weighted by molar-refractivity contribution is 7.17. The van der Waals surface area contributed by atoms with Crippen LogP contribution in [-0.4, -0.2) is 21.3 Å².